The molecule has 0 saturated heterocycles. The number of carbonyl (C=O) groups is 1. The molecule has 2 fully saturated rings. The Balaban J connectivity index is 1.72. The lowest BCUT2D eigenvalue weighted by molar-refractivity contribution is -0.144. The molecule has 110 valence electrons. The van der Waals surface area contributed by atoms with Crippen LogP contribution in [0.25, 0.3) is 0 Å². The largest absolute Gasteiger partial charge is 0.481 e. The van der Waals surface area contributed by atoms with Crippen molar-refractivity contribution in [2.45, 2.75) is 63.9 Å². The first-order valence-electron chi connectivity index (χ1n) is 7.58. The van der Waals surface area contributed by atoms with Gasteiger partial charge in [-0.25, -0.2) is 0 Å². The predicted molar refractivity (Wildman–Crippen MR) is 74.0 cm³/mol. The third kappa shape index (κ3) is 3.93. The highest BCUT2D eigenvalue weighted by Gasteiger charge is 2.36. The molecule has 0 aliphatic heterocycles. The van der Waals surface area contributed by atoms with E-state index in [1.54, 1.807) is 0 Å². The van der Waals surface area contributed by atoms with Crippen molar-refractivity contribution in [1.82, 2.24) is 5.32 Å². The van der Waals surface area contributed by atoms with E-state index in [1.807, 2.05) is 0 Å². The van der Waals surface area contributed by atoms with Crippen molar-refractivity contribution in [1.29, 1.82) is 0 Å². The van der Waals surface area contributed by atoms with Crippen LogP contribution in [0, 0.1) is 11.3 Å². The zero-order valence-electron chi connectivity index (χ0n) is 12.0. The number of hydrogen-bond acceptors (Lipinski definition) is 3. The van der Waals surface area contributed by atoms with Crippen LogP contribution in [0.3, 0.4) is 0 Å². The van der Waals surface area contributed by atoms with Crippen LogP contribution in [0.5, 0.6) is 0 Å². The topological polar surface area (TPSA) is 69.6 Å². The van der Waals surface area contributed by atoms with Gasteiger partial charge in [0.2, 0.25) is 0 Å². The van der Waals surface area contributed by atoms with Crippen LogP contribution in [-0.4, -0.2) is 34.9 Å². The second-order valence-electron chi connectivity index (χ2n) is 6.96. The Bertz CT molecular complexity index is 315. The van der Waals surface area contributed by atoms with Crippen LogP contribution < -0.4 is 5.32 Å². The Labute approximate surface area is 115 Å². The Morgan fingerprint density at radius 2 is 1.74 bits per heavy atom. The molecular formula is C15H27NO3. The summed E-state index contributed by atoms with van der Waals surface area (Å²) in [6.45, 7) is 3.89. The molecule has 19 heavy (non-hydrogen) atoms. The molecule has 2 aliphatic rings. The molecule has 0 amide bonds. The summed E-state index contributed by atoms with van der Waals surface area (Å²) in [4.78, 5) is 10.9. The van der Waals surface area contributed by atoms with E-state index in [9.17, 15) is 9.90 Å². The van der Waals surface area contributed by atoms with Crippen LogP contribution in [0.15, 0.2) is 0 Å². The number of carboxylic acids is 1. The van der Waals surface area contributed by atoms with Crippen LogP contribution in [0.4, 0.5) is 0 Å². The normalized spacial score (nSPS) is 34.3. The van der Waals surface area contributed by atoms with Crippen molar-refractivity contribution in [2.75, 3.05) is 13.1 Å². The van der Waals surface area contributed by atoms with Gasteiger partial charge in [0.1, 0.15) is 0 Å². The minimum Gasteiger partial charge on any atom is -0.481 e. The second-order valence-corrected chi connectivity index (χ2v) is 6.96. The number of nitrogens with one attached hydrogen (secondary N) is 1. The molecule has 4 heteroatoms. The molecule has 4 nitrogen and oxygen atoms in total. The summed E-state index contributed by atoms with van der Waals surface area (Å²) in [6.07, 6.45) is 7.61. The molecule has 0 unspecified atom stereocenters. The Morgan fingerprint density at radius 3 is 2.26 bits per heavy atom. The first kappa shape index (κ1) is 14.8. The molecule has 3 N–H and O–H groups in total. The Morgan fingerprint density at radius 1 is 1.16 bits per heavy atom. The van der Waals surface area contributed by atoms with E-state index in [-0.39, 0.29) is 5.92 Å². The van der Waals surface area contributed by atoms with Crippen molar-refractivity contribution in [3.63, 3.8) is 0 Å². The average molecular weight is 269 g/mol. The van der Waals surface area contributed by atoms with Crippen molar-refractivity contribution >= 4 is 5.97 Å². The van der Waals surface area contributed by atoms with Gasteiger partial charge in [-0.05, 0) is 43.9 Å². The highest BCUT2D eigenvalue weighted by Crippen LogP contribution is 2.37. The van der Waals surface area contributed by atoms with Crippen molar-refractivity contribution < 1.29 is 15.0 Å². The molecule has 2 rings (SSSR count). The molecule has 0 bridgehead atoms. The Hall–Kier alpha value is -0.610. The number of rotatable bonds is 5. The summed E-state index contributed by atoms with van der Waals surface area (Å²) >= 11 is 0. The fraction of sp³-hybridized carbons (Fsp3) is 0.933. The van der Waals surface area contributed by atoms with Crippen molar-refractivity contribution in [3.8, 4) is 0 Å². The van der Waals surface area contributed by atoms with E-state index >= 15 is 0 Å². The summed E-state index contributed by atoms with van der Waals surface area (Å²) in [5.74, 6) is -0.971. The van der Waals surface area contributed by atoms with Gasteiger partial charge in [-0.3, -0.25) is 4.79 Å². The molecule has 2 saturated carbocycles. The van der Waals surface area contributed by atoms with Crippen LogP contribution in [0.2, 0.25) is 0 Å². The van der Waals surface area contributed by atoms with Gasteiger partial charge in [-0.2, -0.15) is 0 Å². The highest BCUT2D eigenvalue weighted by molar-refractivity contribution is 5.70. The second kappa shape index (κ2) is 5.80. The number of hydrogen-bond donors (Lipinski definition) is 3. The third-order valence-corrected chi connectivity index (χ3v) is 5.08. The van der Waals surface area contributed by atoms with E-state index in [0.29, 0.717) is 37.6 Å². The van der Waals surface area contributed by atoms with Crippen LogP contribution >= 0.6 is 0 Å². The zero-order valence-corrected chi connectivity index (χ0v) is 12.0. The van der Waals surface area contributed by atoms with Gasteiger partial charge in [0, 0.05) is 13.1 Å². The van der Waals surface area contributed by atoms with Gasteiger partial charge in [-0.15, -0.1) is 0 Å². The molecule has 0 aromatic rings. The van der Waals surface area contributed by atoms with Crippen molar-refractivity contribution in [2.24, 2.45) is 11.3 Å². The Kier molecular flexibility index (Phi) is 4.51. The summed E-state index contributed by atoms with van der Waals surface area (Å²) in [6, 6.07) is 0. The summed E-state index contributed by atoms with van der Waals surface area (Å²) < 4.78 is 0. The van der Waals surface area contributed by atoms with Gasteiger partial charge in [0.15, 0.2) is 0 Å². The highest BCUT2D eigenvalue weighted by atomic mass is 16.4. The number of carboxylic acid groups (broad SMARTS) is 1. The molecule has 0 spiro atoms. The van der Waals surface area contributed by atoms with E-state index in [4.69, 9.17) is 5.11 Å². The maximum Gasteiger partial charge on any atom is 0.306 e. The van der Waals surface area contributed by atoms with E-state index in [1.165, 1.54) is 25.7 Å². The van der Waals surface area contributed by atoms with E-state index in [2.05, 4.69) is 12.2 Å². The van der Waals surface area contributed by atoms with E-state index < -0.39 is 11.6 Å². The van der Waals surface area contributed by atoms with Gasteiger partial charge in [-0.1, -0.05) is 19.8 Å². The first-order chi connectivity index (χ1) is 8.93. The predicted octanol–water partition coefficient (Wildman–Crippen LogP) is 2.16. The maximum absolute atomic E-state index is 10.9. The summed E-state index contributed by atoms with van der Waals surface area (Å²) in [5.41, 5.74) is -0.296. The molecule has 0 radical (unpaired) electrons. The smallest absolute Gasteiger partial charge is 0.306 e. The average Bonchev–Trinajstić information content (AvgIpc) is 2.76. The lowest BCUT2D eigenvalue weighted by atomic mass is 9.78. The minimum absolute atomic E-state index is 0.257. The van der Waals surface area contributed by atoms with Crippen LogP contribution in [0.1, 0.15) is 58.3 Å². The molecule has 0 aromatic carbocycles. The lowest BCUT2D eigenvalue weighted by Crippen LogP contribution is -2.46. The van der Waals surface area contributed by atoms with Gasteiger partial charge >= 0.3 is 5.97 Å². The van der Waals surface area contributed by atoms with Crippen molar-refractivity contribution in [3.05, 3.63) is 0 Å². The fourth-order valence-electron chi connectivity index (χ4n) is 3.58. The first-order valence-corrected chi connectivity index (χ1v) is 7.58. The van der Waals surface area contributed by atoms with Crippen LogP contribution in [-0.2, 0) is 4.79 Å². The molecule has 2 aliphatic carbocycles. The molecular weight excluding hydrogens is 242 g/mol. The third-order valence-electron chi connectivity index (χ3n) is 5.08. The van der Waals surface area contributed by atoms with Gasteiger partial charge in [0.25, 0.3) is 0 Å². The monoisotopic (exact) mass is 269 g/mol. The quantitative estimate of drug-likeness (QED) is 0.715. The summed E-state index contributed by atoms with van der Waals surface area (Å²) in [5, 5.41) is 22.9. The van der Waals surface area contributed by atoms with Gasteiger partial charge in [0.05, 0.1) is 11.5 Å². The zero-order chi connectivity index (χ0) is 13.9. The summed E-state index contributed by atoms with van der Waals surface area (Å²) in [7, 11) is 0. The van der Waals surface area contributed by atoms with Gasteiger partial charge < -0.3 is 15.5 Å². The minimum atomic E-state index is -0.714. The molecule has 0 atom stereocenters. The number of aliphatic carboxylic acids is 1. The fourth-order valence-corrected chi connectivity index (χ4v) is 3.58. The lowest BCUT2D eigenvalue weighted by Gasteiger charge is -2.36. The maximum atomic E-state index is 10.9. The molecule has 0 heterocycles. The SMILES string of the molecule is CC1(CNCC2(O)CCC(C(=O)O)CC2)CCCC1. The number of aliphatic hydroxyl groups is 1. The van der Waals surface area contributed by atoms with E-state index in [0.717, 1.165) is 6.54 Å². The molecule has 0 aromatic heterocycles. The standard InChI is InChI=1S/C15H27NO3/c1-14(6-2-3-7-14)10-16-11-15(19)8-4-12(5-9-15)13(17)18/h12,16,19H,2-11H2,1H3,(H,17,18).